The van der Waals surface area contributed by atoms with E-state index in [2.05, 4.69) is 4.74 Å². The molecule has 0 spiro atoms. The second-order valence-corrected chi connectivity index (χ2v) is 17.1. The predicted molar refractivity (Wildman–Crippen MR) is 204 cm³/mol. The number of carbonyl (C=O) groups is 5. The lowest BCUT2D eigenvalue weighted by atomic mass is 10.0. The van der Waals surface area contributed by atoms with E-state index >= 15 is 0 Å². The Hall–Kier alpha value is -4.46. The van der Waals surface area contributed by atoms with E-state index in [4.69, 9.17) is 0 Å². The number of halogens is 4. The molecule has 0 saturated carbocycles. The van der Waals surface area contributed by atoms with Crippen LogP contribution in [0.25, 0.3) is 0 Å². The van der Waals surface area contributed by atoms with Crippen molar-refractivity contribution in [2.45, 2.75) is 51.0 Å². The van der Waals surface area contributed by atoms with E-state index < -0.39 is 78.8 Å². The van der Waals surface area contributed by atoms with Gasteiger partial charge in [0.2, 0.25) is 24.8 Å². The molecule has 1 fully saturated rings. The van der Waals surface area contributed by atoms with Crippen LogP contribution in [0.1, 0.15) is 43.2 Å². The van der Waals surface area contributed by atoms with E-state index in [1.54, 1.807) is 19.6 Å². The molecule has 1 aliphatic rings. The van der Waals surface area contributed by atoms with E-state index in [0.717, 1.165) is 11.1 Å². The van der Waals surface area contributed by atoms with Crippen LogP contribution in [0.5, 0.6) is 5.75 Å². The standard InChI is InChI=1S/C38H51F4N4O12P/c39-29-20-30(40)37(42)38(36(29)41)58-35(55)6-2-1-3-17-59(56,57)18-4-5-26-7-9-27(10-8-26)19-28-21-45(24-33(51)52)14-13-43(22-31(47)48)11-12-44(23-32(49)50)15-16-46(28)25-34(53)54/h7-10,20,28H,1-6,11-19,21-25H2,(H,47,48)(H,49,50)(H,51,52)(H,53,54)(H,56,57)/t28-/m0/s1. The minimum absolute atomic E-state index is 0.00884. The number of unbranched alkanes of at least 4 members (excludes halogenated alkanes) is 2. The van der Waals surface area contributed by atoms with E-state index in [9.17, 15) is 71.4 Å². The molecule has 59 heavy (non-hydrogen) atoms. The maximum atomic E-state index is 13.7. The number of carboxylic acid groups (broad SMARTS) is 4. The Kier molecular flexibility index (Phi) is 19.9. The summed E-state index contributed by atoms with van der Waals surface area (Å²) in [6.45, 7) is -0.320. The molecule has 1 saturated heterocycles. The number of aliphatic carboxylic acids is 4. The summed E-state index contributed by atoms with van der Waals surface area (Å²) in [6.07, 6.45) is 1.42. The van der Waals surface area contributed by atoms with Gasteiger partial charge >= 0.3 is 29.8 Å². The second kappa shape index (κ2) is 24.0. The van der Waals surface area contributed by atoms with Crippen LogP contribution in [0.2, 0.25) is 0 Å². The smallest absolute Gasteiger partial charge is 0.317 e. The fourth-order valence-electron chi connectivity index (χ4n) is 6.72. The van der Waals surface area contributed by atoms with Gasteiger partial charge in [0.1, 0.15) is 0 Å². The number of benzene rings is 2. The minimum Gasteiger partial charge on any atom is -0.480 e. The highest BCUT2D eigenvalue weighted by Gasteiger charge is 2.28. The molecule has 0 bridgehead atoms. The van der Waals surface area contributed by atoms with Gasteiger partial charge in [-0.1, -0.05) is 30.7 Å². The highest BCUT2D eigenvalue weighted by atomic mass is 31.2. The fraction of sp³-hybridized carbons (Fsp3) is 0.553. The van der Waals surface area contributed by atoms with E-state index in [1.807, 2.05) is 24.3 Å². The second-order valence-electron chi connectivity index (χ2n) is 14.5. The molecule has 1 unspecified atom stereocenters. The summed E-state index contributed by atoms with van der Waals surface area (Å²) < 4.78 is 71.4. The molecule has 0 amide bonds. The molecule has 21 heteroatoms. The van der Waals surface area contributed by atoms with Crippen molar-refractivity contribution in [1.82, 2.24) is 19.6 Å². The van der Waals surface area contributed by atoms with Crippen molar-refractivity contribution in [1.29, 1.82) is 0 Å². The van der Waals surface area contributed by atoms with Crippen LogP contribution in [0, 0.1) is 23.3 Å². The normalized spacial score (nSPS) is 17.7. The van der Waals surface area contributed by atoms with Gasteiger partial charge in [0.05, 0.1) is 26.2 Å². The maximum Gasteiger partial charge on any atom is 0.317 e. The first-order valence-corrected chi connectivity index (χ1v) is 21.1. The largest absolute Gasteiger partial charge is 0.480 e. The summed E-state index contributed by atoms with van der Waals surface area (Å²) >= 11 is 0. The topological polar surface area (TPSA) is 226 Å². The van der Waals surface area contributed by atoms with Gasteiger partial charge in [0, 0.05) is 76.7 Å². The van der Waals surface area contributed by atoms with Crippen LogP contribution in [-0.4, -0.2) is 165 Å². The number of carbonyl (C=O) groups excluding carboxylic acids is 1. The van der Waals surface area contributed by atoms with Crippen molar-refractivity contribution >= 4 is 37.2 Å². The molecular weight excluding hydrogens is 811 g/mol. The molecule has 0 aliphatic carbocycles. The van der Waals surface area contributed by atoms with Crippen molar-refractivity contribution < 1.29 is 76.2 Å². The molecule has 1 aliphatic heterocycles. The van der Waals surface area contributed by atoms with Crippen molar-refractivity contribution in [2.24, 2.45) is 0 Å². The van der Waals surface area contributed by atoms with Gasteiger partial charge in [-0.2, -0.15) is 8.78 Å². The Bertz CT molecular complexity index is 1780. The van der Waals surface area contributed by atoms with Crippen LogP contribution in [0.15, 0.2) is 30.3 Å². The predicted octanol–water partition coefficient (Wildman–Crippen LogP) is 3.08. The van der Waals surface area contributed by atoms with Crippen molar-refractivity contribution in [2.75, 3.05) is 84.3 Å². The summed E-state index contributed by atoms with van der Waals surface area (Å²) in [5, 5.41) is 38.4. The Morgan fingerprint density at radius 1 is 0.644 bits per heavy atom. The first kappa shape index (κ1) is 48.9. The number of aryl methyl sites for hydroxylation is 1. The molecule has 2 atom stereocenters. The summed E-state index contributed by atoms with van der Waals surface area (Å²) in [4.78, 5) is 76.0. The third-order valence-corrected chi connectivity index (χ3v) is 11.7. The average Bonchev–Trinajstić information content (AvgIpc) is 3.14. The summed E-state index contributed by atoms with van der Waals surface area (Å²) in [6, 6.07) is 6.77. The van der Waals surface area contributed by atoms with E-state index in [1.165, 1.54) is 0 Å². The number of esters is 1. The number of hydrogen-bond acceptors (Lipinski definition) is 11. The summed E-state index contributed by atoms with van der Waals surface area (Å²) in [5.74, 6) is -14.1. The molecule has 2 aromatic carbocycles. The lowest BCUT2D eigenvalue weighted by Crippen LogP contribution is -2.53. The van der Waals surface area contributed by atoms with Gasteiger partial charge in [-0.3, -0.25) is 48.1 Å². The Balaban J connectivity index is 1.59. The van der Waals surface area contributed by atoms with Crippen LogP contribution >= 0.6 is 7.37 Å². The van der Waals surface area contributed by atoms with E-state index in [0.29, 0.717) is 25.7 Å². The molecule has 5 N–H and O–H groups in total. The van der Waals surface area contributed by atoms with Gasteiger partial charge in [-0.15, -0.1) is 0 Å². The summed E-state index contributed by atoms with van der Waals surface area (Å²) in [5.41, 5.74) is 1.65. The molecule has 328 valence electrons. The average molecular weight is 863 g/mol. The Morgan fingerprint density at radius 3 is 1.66 bits per heavy atom. The van der Waals surface area contributed by atoms with Crippen LogP contribution in [-0.2, 0) is 41.4 Å². The summed E-state index contributed by atoms with van der Waals surface area (Å²) in [7, 11) is -3.55. The van der Waals surface area contributed by atoms with Gasteiger partial charge in [-0.05, 0) is 43.2 Å². The fourth-order valence-corrected chi connectivity index (χ4v) is 8.32. The molecule has 2 aromatic rings. The third kappa shape index (κ3) is 18.1. The highest BCUT2D eigenvalue weighted by Crippen LogP contribution is 2.42. The first-order valence-electron chi connectivity index (χ1n) is 19.0. The Labute approximate surface area is 338 Å². The minimum atomic E-state index is -3.55. The van der Waals surface area contributed by atoms with Gasteiger partial charge < -0.3 is 30.1 Å². The zero-order valence-corrected chi connectivity index (χ0v) is 33.3. The van der Waals surface area contributed by atoms with Gasteiger partial charge in [0.25, 0.3) is 0 Å². The molecule has 16 nitrogen and oxygen atoms in total. The quantitative estimate of drug-likeness (QED) is 0.0304. The number of hydrogen-bond donors (Lipinski definition) is 5. The van der Waals surface area contributed by atoms with Crippen molar-refractivity contribution in [3.8, 4) is 5.75 Å². The van der Waals surface area contributed by atoms with Crippen molar-refractivity contribution in [3.05, 3.63) is 64.7 Å². The van der Waals surface area contributed by atoms with Crippen molar-refractivity contribution in [3.63, 3.8) is 0 Å². The lowest BCUT2D eigenvalue weighted by Gasteiger charge is -2.37. The van der Waals surface area contributed by atoms with Crippen LogP contribution in [0.3, 0.4) is 0 Å². The van der Waals surface area contributed by atoms with E-state index in [-0.39, 0.29) is 103 Å². The molecular formula is C38H51F4N4O12P. The number of nitrogens with zero attached hydrogens (tertiary/aromatic N) is 4. The maximum absolute atomic E-state index is 13.7. The zero-order valence-electron chi connectivity index (χ0n) is 32.4. The number of carboxylic acids is 4. The van der Waals surface area contributed by atoms with Gasteiger partial charge in [0.15, 0.2) is 11.6 Å². The monoisotopic (exact) mass is 862 g/mol. The number of rotatable bonds is 21. The molecule has 1 heterocycles. The molecule has 3 rings (SSSR count). The third-order valence-electron chi connectivity index (χ3n) is 9.71. The van der Waals surface area contributed by atoms with Crippen LogP contribution in [0.4, 0.5) is 17.6 Å². The molecule has 0 radical (unpaired) electrons. The lowest BCUT2D eigenvalue weighted by molar-refractivity contribution is -0.142. The first-order chi connectivity index (χ1) is 27.8. The SMILES string of the molecule is O=C(O)CN1CCN(CC(=O)O)CCN(CC(=O)O)[C@@H](Cc2ccc(CCCP(=O)(O)CCCCCC(=O)Oc3c(F)c(F)cc(F)c3F)cc2)CN(CC(=O)O)CC1. The van der Waals surface area contributed by atoms with Gasteiger partial charge in [-0.25, -0.2) is 8.78 Å². The van der Waals surface area contributed by atoms with Crippen LogP contribution < -0.4 is 4.74 Å². The zero-order chi connectivity index (χ0) is 43.7. The highest BCUT2D eigenvalue weighted by molar-refractivity contribution is 7.57. The Morgan fingerprint density at radius 2 is 1.12 bits per heavy atom. The number of ether oxygens (including phenoxy) is 1. The molecule has 0 aromatic heterocycles.